The first-order valence-electron chi connectivity index (χ1n) is 5.58. The summed E-state index contributed by atoms with van der Waals surface area (Å²) >= 11 is 6.12. The lowest BCUT2D eigenvalue weighted by atomic mass is 10.2. The number of hydrogen-bond donors (Lipinski definition) is 0. The first-order chi connectivity index (χ1) is 8.74. The maximum absolute atomic E-state index is 11.8. The molecule has 2 heterocycles. The van der Waals surface area contributed by atoms with E-state index in [2.05, 4.69) is 4.98 Å². The molecule has 0 radical (unpaired) electrons. The van der Waals surface area contributed by atoms with E-state index < -0.39 is 5.97 Å². The van der Waals surface area contributed by atoms with E-state index in [1.165, 1.54) is 6.07 Å². The molecule has 4 nitrogen and oxygen atoms in total. The molecule has 92 valence electrons. The van der Waals surface area contributed by atoms with Crippen molar-refractivity contribution in [2.45, 2.75) is 6.10 Å². The highest BCUT2D eigenvalue weighted by Gasteiger charge is 2.24. The molecule has 1 aromatic heterocycles. The Labute approximate surface area is 108 Å². The minimum Gasteiger partial charge on any atom is -0.453 e. The van der Waals surface area contributed by atoms with Gasteiger partial charge in [-0.25, -0.2) is 9.78 Å². The molecule has 2 aromatic rings. The van der Waals surface area contributed by atoms with Gasteiger partial charge in [-0.3, -0.25) is 0 Å². The van der Waals surface area contributed by atoms with Gasteiger partial charge in [-0.05, 0) is 12.1 Å². The van der Waals surface area contributed by atoms with Crippen LogP contribution in [0.4, 0.5) is 0 Å². The summed E-state index contributed by atoms with van der Waals surface area (Å²) in [5.41, 5.74) is 0.910. The van der Waals surface area contributed by atoms with Crippen molar-refractivity contribution in [2.24, 2.45) is 0 Å². The summed E-state index contributed by atoms with van der Waals surface area (Å²) in [5.74, 6) is -0.462. The number of halogens is 1. The Balaban J connectivity index is 1.94. The average molecular weight is 264 g/mol. The molecule has 0 aliphatic carbocycles. The van der Waals surface area contributed by atoms with Crippen molar-refractivity contribution in [3.8, 4) is 0 Å². The van der Waals surface area contributed by atoms with Gasteiger partial charge in [0.15, 0.2) is 5.69 Å². The SMILES string of the molecule is O=C(OC1COC1)c1cc(Cl)c2ccccc2n1. The Morgan fingerprint density at radius 2 is 2.17 bits per heavy atom. The normalized spacial score (nSPS) is 15.4. The zero-order valence-electron chi connectivity index (χ0n) is 9.43. The van der Waals surface area contributed by atoms with Gasteiger partial charge in [0, 0.05) is 5.39 Å². The van der Waals surface area contributed by atoms with Crippen molar-refractivity contribution < 1.29 is 14.3 Å². The van der Waals surface area contributed by atoms with Gasteiger partial charge in [0.1, 0.15) is 6.10 Å². The fourth-order valence-electron chi connectivity index (χ4n) is 1.73. The molecule has 0 amide bonds. The minimum absolute atomic E-state index is 0.162. The molecule has 0 spiro atoms. The topological polar surface area (TPSA) is 48.4 Å². The molecular formula is C13H10ClNO3. The van der Waals surface area contributed by atoms with Crippen LogP contribution < -0.4 is 0 Å². The molecule has 1 aromatic carbocycles. The van der Waals surface area contributed by atoms with Gasteiger partial charge in [0.25, 0.3) is 0 Å². The Hall–Kier alpha value is -1.65. The fraction of sp³-hybridized carbons (Fsp3) is 0.231. The van der Waals surface area contributed by atoms with Crippen LogP contribution in [0, 0.1) is 0 Å². The molecule has 1 fully saturated rings. The monoisotopic (exact) mass is 263 g/mol. The molecule has 5 heteroatoms. The molecule has 0 atom stereocenters. The van der Waals surface area contributed by atoms with Crippen molar-refractivity contribution in [1.82, 2.24) is 4.98 Å². The number of benzene rings is 1. The number of fused-ring (bicyclic) bond motifs is 1. The maximum atomic E-state index is 11.8. The highest BCUT2D eigenvalue weighted by molar-refractivity contribution is 6.35. The van der Waals surface area contributed by atoms with Crippen LogP contribution in [0.5, 0.6) is 0 Å². The summed E-state index contributed by atoms with van der Waals surface area (Å²) in [6, 6.07) is 8.93. The largest absolute Gasteiger partial charge is 0.453 e. The third kappa shape index (κ3) is 2.05. The van der Waals surface area contributed by atoms with E-state index in [-0.39, 0.29) is 11.8 Å². The van der Waals surface area contributed by atoms with Crippen LogP contribution in [0.15, 0.2) is 30.3 Å². The number of rotatable bonds is 2. The number of carbonyl (C=O) groups is 1. The lowest BCUT2D eigenvalue weighted by Gasteiger charge is -2.25. The Morgan fingerprint density at radius 1 is 1.39 bits per heavy atom. The standard InChI is InChI=1S/C13H10ClNO3/c14-10-5-12(13(16)18-8-6-17-7-8)15-11-4-2-1-3-9(10)11/h1-5,8H,6-7H2. The van der Waals surface area contributed by atoms with E-state index in [0.717, 1.165) is 5.39 Å². The van der Waals surface area contributed by atoms with Crippen molar-refractivity contribution in [1.29, 1.82) is 0 Å². The lowest BCUT2D eigenvalue weighted by molar-refractivity contribution is -0.103. The second-order valence-electron chi connectivity index (χ2n) is 4.07. The third-order valence-corrected chi connectivity index (χ3v) is 3.07. The Morgan fingerprint density at radius 3 is 2.89 bits per heavy atom. The number of pyridine rings is 1. The van der Waals surface area contributed by atoms with Gasteiger partial charge in [-0.1, -0.05) is 29.8 Å². The average Bonchev–Trinajstić information content (AvgIpc) is 2.33. The van der Waals surface area contributed by atoms with Gasteiger partial charge in [0.05, 0.1) is 23.8 Å². The van der Waals surface area contributed by atoms with E-state index in [1.54, 1.807) is 0 Å². The maximum Gasteiger partial charge on any atom is 0.357 e. The summed E-state index contributed by atoms with van der Waals surface area (Å²) in [6.07, 6.45) is -0.162. The lowest BCUT2D eigenvalue weighted by Crippen LogP contribution is -2.37. The van der Waals surface area contributed by atoms with Crippen LogP contribution in [-0.4, -0.2) is 30.3 Å². The molecule has 1 aliphatic heterocycles. The van der Waals surface area contributed by atoms with Crippen LogP contribution in [0.2, 0.25) is 5.02 Å². The number of esters is 1. The van der Waals surface area contributed by atoms with Crippen LogP contribution in [0.25, 0.3) is 10.9 Å². The van der Waals surface area contributed by atoms with E-state index in [9.17, 15) is 4.79 Å². The number of para-hydroxylation sites is 1. The highest BCUT2D eigenvalue weighted by Crippen LogP contribution is 2.23. The van der Waals surface area contributed by atoms with Gasteiger partial charge in [0.2, 0.25) is 0 Å². The summed E-state index contributed by atoms with van der Waals surface area (Å²) in [5, 5.41) is 1.32. The van der Waals surface area contributed by atoms with Gasteiger partial charge < -0.3 is 9.47 Å². The molecule has 0 saturated carbocycles. The summed E-state index contributed by atoms with van der Waals surface area (Å²) in [7, 11) is 0. The number of ether oxygens (including phenoxy) is 2. The third-order valence-electron chi connectivity index (χ3n) is 2.76. The number of hydrogen-bond acceptors (Lipinski definition) is 4. The molecule has 0 unspecified atom stereocenters. The molecule has 18 heavy (non-hydrogen) atoms. The Kier molecular flexibility index (Phi) is 2.89. The molecule has 3 rings (SSSR count). The van der Waals surface area contributed by atoms with E-state index >= 15 is 0 Å². The first kappa shape index (κ1) is 11.4. The van der Waals surface area contributed by atoms with Crippen molar-refractivity contribution in [2.75, 3.05) is 13.2 Å². The highest BCUT2D eigenvalue weighted by atomic mass is 35.5. The number of aromatic nitrogens is 1. The minimum atomic E-state index is -0.462. The van der Waals surface area contributed by atoms with Crippen LogP contribution >= 0.6 is 11.6 Å². The van der Waals surface area contributed by atoms with Gasteiger partial charge in [-0.15, -0.1) is 0 Å². The number of carbonyl (C=O) groups excluding carboxylic acids is 1. The summed E-state index contributed by atoms with van der Waals surface area (Å²) in [4.78, 5) is 16.1. The van der Waals surface area contributed by atoms with E-state index in [1.807, 2.05) is 24.3 Å². The van der Waals surface area contributed by atoms with Crippen molar-refractivity contribution in [3.63, 3.8) is 0 Å². The van der Waals surface area contributed by atoms with Gasteiger partial charge in [-0.2, -0.15) is 0 Å². The molecular weight excluding hydrogens is 254 g/mol. The van der Waals surface area contributed by atoms with Crippen LogP contribution in [0.3, 0.4) is 0 Å². The van der Waals surface area contributed by atoms with E-state index in [4.69, 9.17) is 21.1 Å². The van der Waals surface area contributed by atoms with Crippen molar-refractivity contribution in [3.05, 3.63) is 41.0 Å². The molecule has 0 bridgehead atoms. The zero-order chi connectivity index (χ0) is 12.5. The molecule has 1 saturated heterocycles. The molecule has 1 aliphatic rings. The second kappa shape index (κ2) is 4.55. The van der Waals surface area contributed by atoms with Crippen LogP contribution in [-0.2, 0) is 9.47 Å². The number of nitrogens with zero attached hydrogens (tertiary/aromatic N) is 1. The summed E-state index contributed by atoms with van der Waals surface area (Å²) < 4.78 is 10.1. The predicted molar refractivity (Wildman–Crippen MR) is 66.8 cm³/mol. The zero-order valence-corrected chi connectivity index (χ0v) is 10.2. The second-order valence-corrected chi connectivity index (χ2v) is 4.48. The fourth-order valence-corrected chi connectivity index (χ4v) is 1.99. The van der Waals surface area contributed by atoms with Crippen LogP contribution in [0.1, 0.15) is 10.5 Å². The summed E-state index contributed by atoms with van der Waals surface area (Å²) in [6.45, 7) is 0.903. The smallest absolute Gasteiger partial charge is 0.357 e. The van der Waals surface area contributed by atoms with E-state index in [0.29, 0.717) is 23.8 Å². The van der Waals surface area contributed by atoms with Crippen molar-refractivity contribution >= 4 is 28.5 Å². The quantitative estimate of drug-likeness (QED) is 0.781. The molecule has 0 N–H and O–H groups in total. The Bertz CT molecular complexity index is 610. The predicted octanol–water partition coefficient (Wildman–Crippen LogP) is 2.44. The first-order valence-corrected chi connectivity index (χ1v) is 5.96. The van der Waals surface area contributed by atoms with Gasteiger partial charge >= 0.3 is 5.97 Å².